The average molecular weight is 811 g/mol. The standard InChI is InChI=1S/C47H91N2O6P/c1-6-8-10-12-14-16-18-19-20-21-22-23-24-25-26-27-28-29-30-31-32-34-36-38-40-46(50)45(44-55-56(52,53)54-43-42-49(3,4)5)48-47(51)41-39-37-35-33-17-15-13-11-9-7-2/h13,15,31-32,38,40,45-46,50H,6-12,14,16-30,33-37,39,41-44H2,1-5H3,(H-,48,51,52,53)/b15-13-,32-31+,40-38+. The van der Waals surface area contributed by atoms with Crippen molar-refractivity contribution in [2.45, 2.75) is 219 Å². The molecule has 0 aliphatic heterocycles. The first kappa shape index (κ1) is 54.7. The van der Waals surface area contributed by atoms with Gasteiger partial charge in [0.15, 0.2) is 0 Å². The quantitative estimate of drug-likeness (QED) is 0.0275. The van der Waals surface area contributed by atoms with Crippen molar-refractivity contribution in [1.82, 2.24) is 5.32 Å². The topological polar surface area (TPSA) is 108 Å². The summed E-state index contributed by atoms with van der Waals surface area (Å²) >= 11 is 0. The van der Waals surface area contributed by atoms with E-state index in [9.17, 15) is 19.4 Å². The first-order valence-corrected chi connectivity index (χ1v) is 24.8. The van der Waals surface area contributed by atoms with Crippen LogP contribution in [0.3, 0.4) is 0 Å². The predicted octanol–water partition coefficient (Wildman–Crippen LogP) is 12.5. The summed E-state index contributed by atoms with van der Waals surface area (Å²) in [6, 6.07) is -0.906. The number of likely N-dealkylation sites (N-methyl/N-ethyl adjacent to an activating group) is 1. The summed E-state index contributed by atoms with van der Waals surface area (Å²) in [6.07, 6.45) is 47.9. The number of phosphoric ester groups is 1. The van der Waals surface area contributed by atoms with Crippen molar-refractivity contribution in [3.8, 4) is 0 Å². The smallest absolute Gasteiger partial charge is 0.268 e. The normalized spacial score (nSPS) is 14.6. The summed E-state index contributed by atoms with van der Waals surface area (Å²) in [4.78, 5) is 25.2. The maximum absolute atomic E-state index is 12.8. The summed E-state index contributed by atoms with van der Waals surface area (Å²) in [7, 11) is 1.23. The van der Waals surface area contributed by atoms with Gasteiger partial charge in [-0.1, -0.05) is 185 Å². The van der Waals surface area contributed by atoms with Crippen LogP contribution >= 0.6 is 7.82 Å². The van der Waals surface area contributed by atoms with E-state index in [0.717, 1.165) is 57.8 Å². The van der Waals surface area contributed by atoms with Crippen LogP contribution in [-0.2, 0) is 18.4 Å². The number of amides is 1. The van der Waals surface area contributed by atoms with E-state index in [4.69, 9.17) is 9.05 Å². The van der Waals surface area contributed by atoms with Crippen molar-refractivity contribution in [3.05, 3.63) is 36.5 Å². The first-order chi connectivity index (χ1) is 27.0. The molecule has 1 amide bonds. The van der Waals surface area contributed by atoms with Crippen LogP contribution in [0.15, 0.2) is 36.5 Å². The number of phosphoric acid groups is 1. The molecule has 0 fully saturated rings. The van der Waals surface area contributed by atoms with Gasteiger partial charge in [0, 0.05) is 6.42 Å². The molecule has 0 aromatic carbocycles. The molecule has 0 aliphatic rings. The number of hydrogen-bond acceptors (Lipinski definition) is 6. The van der Waals surface area contributed by atoms with Crippen molar-refractivity contribution in [1.29, 1.82) is 0 Å². The molecule has 0 aromatic rings. The minimum absolute atomic E-state index is 0.00859. The Kier molecular flexibility index (Phi) is 38.3. The molecular formula is C47H91N2O6P. The molecule has 0 radical (unpaired) electrons. The van der Waals surface area contributed by atoms with Crippen LogP contribution < -0.4 is 10.2 Å². The zero-order valence-corrected chi connectivity index (χ0v) is 38.2. The second kappa shape index (κ2) is 39.2. The number of aliphatic hydroxyl groups is 1. The van der Waals surface area contributed by atoms with E-state index in [2.05, 4.69) is 43.5 Å². The van der Waals surface area contributed by atoms with Gasteiger partial charge in [0.1, 0.15) is 13.2 Å². The average Bonchev–Trinajstić information content (AvgIpc) is 3.15. The number of aliphatic hydroxyl groups excluding tert-OH is 1. The first-order valence-electron chi connectivity index (χ1n) is 23.4. The molecule has 0 heterocycles. The Bertz CT molecular complexity index is 1010. The maximum atomic E-state index is 12.8. The zero-order chi connectivity index (χ0) is 41.4. The van der Waals surface area contributed by atoms with E-state index in [1.165, 1.54) is 128 Å². The number of rotatable bonds is 42. The van der Waals surface area contributed by atoms with Crippen molar-refractivity contribution < 1.29 is 32.9 Å². The fourth-order valence-corrected chi connectivity index (χ4v) is 7.28. The number of allylic oxidation sites excluding steroid dienone is 5. The number of quaternary nitrogens is 1. The number of hydrogen-bond donors (Lipinski definition) is 2. The van der Waals surface area contributed by atoms with Gasteiger partial charge in [0.2, 0.25) is 5.91 Å². The van der Waals surface area contributed by atoms with Gasteiger partial charge >= 0.3 is 0 Å². The van der Waals surface area contributed by atoms with Crippen LogP contribution in [0.2, 0.25) is 0 Å². The van der Waals surface area contributed by atoms with E-state index in [-0.39, 0.29) is 12.5 Å². The second-order valence-electron chi connectivity index (χ2n) is 17.1. The maximum Gasteiger partial charge on any atom is 0.268 e. The van der Waals surface area contributed by atoms with E-state index in [0.29, 0.717) is 17.4 Å². The number of nitrogens with zero attached hydrogens (tertiary/aromatic N) is 1. The molecule has 330 valence electrons. The lowest BCUT2D eigenvalue weighted by Gasteiger charge is -2.29. The molecule has 0 rings (SSSR count). The molecule has 3 unspecified atom stereocenters. The summed E-state index contributed by atoms with van der Waals surface area (Å²) in [5.41, 5.74) is 0. The Morgan fingerprint density at radius 3 is 1.50 bits per heavy atom. The lowest BCUT2D eigenvalue weighted by molar-refractivity contribution is -0.870. The summed E-state index contributed by atoms with van der Waals surface area (Å²) in [5, 5.41) is 13.7. The monoisotopic (exact) mass is 811 g/mol. The van der Waals surface area contributed by atoms with Crippen molar-refractivity contribution in [2.75, 3.05) is 40.9 Å². The summed E-state index contributed by atoms with van der Waals surface area (Å²) in [5.74, 6) is -0.222. The van der Waals surface area contributed by atoms with Gasteiger partial charge in [0.25, 0.3) is 7.82 Å². The van der Waals surface area contributed by atoms with Gasteiger partial charge in [-0.25, -0.2) is 0 Å². The molecule has 0 saturated heterocycles. The third-order valence-corrected chi connectivity index (χ3v) is 11.3. The van der Waals surface area contributed by atoms with Crippen LogP contribution in [0.1, 0.15) is 206 Å². The highest BCUT2D eigenvalue weighted by Crippen LogP contribution is 2.38. The Morgan fingerprint density at radius 2 is 1.02 bits per heavy atom. The molecular weight excluding hydrogens is 719 g/mol. The Labute approximate surface area is 347 Å². The lowest BCUT2D eigenvalue weighted by Crippen LogP contribution is -2.45. The van der Waals surface area contributed by atoms with Crippen LogP contribution in [0.25, 0.3) is 0 Å². The second-order valence-corrected chi connectivity index (χ2v) is 18.5. The highest BCUT2D eigenvalue weighted by molar-refractivity contribution is 7.45. The molecule has 0 spiro atoms. The van der Waals surface area contributed by atoms with Gasteiger partial charge in [-0.15, -0.1) is 0 Å². The minimum Gasteiger partial charge on any atom is -0.756 e. The number of unbranched alkanes of at least 4 members (excludes halogenated alkanes) is 25. The van der Waals surface area contributed by atoms with Crippen LogP contribution in [-0.4, -0.2) is 68.5 Å². The number of carbonyl (C=O) groups is 1. The Morgan fingerprint density at radius 1 is 0.607 bits per heavy atom. The molecule has 2 N–H and O–H groups in total. The van der Waals surface area contributed by atoms with Crippen LogP contribution in [0.4, 0.5) is 0 Å². The highest BCUT2D eigenvalue weighted by Gasteiger charge is 2.23. The van der Waals surface area contributed by atoms with E-state index in [1.807, 2.05) is 27.2 Å². The van der Waals surface area contributed by atoms with Crippen molar-refractivity contribution in [2.24, 2.45) is 0 Å². The molecule has 56 heavy (non-hydrogen) atoms. The molecule has 3 atom stereocenters. The molecule has 0 bridgehead atoms. The van der Waals surface area contributed by atoms with E-state index in [1.54, 1.807) is 6.08 Å². The highest BCUT2D eigenvalue weighted by atomic mass is 31.2. The minimum atomic E-state index is -4.59. The molecule has 8 nitrogen and oxygen atoms in total. The molecule has 0 aromatic heterocycles. The zero-order valence-electron chi connectivity index (χ0n) is 37.3. The predicted molar refractivity (Wildman–Crippen MR) is 238 cm³/mol. The Hall–Kier alpha value is -1.28. The third kappa shape index (κ3) is 40.9. The largest absolute Gasteiger partial charge is 0.756 e. The van der Waals surface area contributed by atoms with Gasteiger partial charge in [-0.2, -0.15) is 0 Å². The SMILES string of the molecule is CCCC/C=C\CCCCCCC(=O)NC(COP(=O)([O-])OCC[N+](C)(C)C)C(O)/C=C/CC/C=C/CCCCCCCCCCCCCCCCCCCC. The fourth-order valence-electron chi connectivity index (χ4n) is 6.56. The molecule has 0 aliphatic carbocycles. The Balaban J connectivity index is 4.30. The van der Waals surface area contributed by atoms with Crippen molar-refractivity contribution in [3.63, 3.8) is 0 Å². The number of carbonyl (C=O) groups excluding carboxylic acids is 1. The van der Waals surface area contributed by atoms with Gasteiger partial charge < -0.3 is 28.8 Å². The summed E-state index contributed by atoms with van der Waals surface area (Å²) in [6.45, 7) is 4.57. The third-order valence-electron chi connectivity index (χ3n) is 10.3. The lowest BCUT2D eigenvalue weighted by atomic mass is 10.0. The van der Waals surface area contributed by atoms with Gasteiger partial charge in [-0.05, 0) is 51.4 Å². The van der Waals surface area contributed by atoms with E-state index < -0.39 is 26.6 Å². The molecule has 0 saturated carbocycles. The fraction of sp³-hybridized carbons (Fsp3) is 0.851. The number of nitrogens with one attached hydrogen (secondary N) is 1. The van der Waals surface area contributed by atoms with Gasteiger partial charge in [-0.3, -0.25) is 9.36 Å². The van der Waals surface area contributed by atoms with Crippen molar-refractivity contribution >= 4 is 13.7 Å². The summed E-state index contributed by atoms with van der Waals surface area (Å²) < 4.78 is 23.1. The molecule has 9 heteroatoms. The van der Waals surface area contributed by atoms with Crippen LogP contribution in [0.5, 0.6) is 0 Å². The van der Waals surface area contributed by atoms with Crippen LogP contribution in [0, 0.1) is 0 Å². The van der Waals surface area contributed by atoms with Gasteiger partial charge in [0.05, 0.1) is 39.9 Å². The van der Waals surface area contributed by atoms with E-state index >= 15 is 0 Å².